The van der Waals surface area contributed by atoms with Crippen LogP contribution in [0.3, 0.4) is 0 Å². The maximum Gasteiger partial charge on any atom is 0.133 e. The summed E-state index contributed by atoms with van der Waals surface area (Å²) in [5.74, 6) is 0. The predicted molar refractivity (Wildman–Crippen MR) is 68.3 cm³/mol. The Morgan fingerprint density at radius 2 is 2.12 bits per heavy atom. The normalized spacial score (nSPS) is 18.0. The molecule has 0 aliphatic carbocycles. The van der Waals surface area contributed by atoms with Gasteiger partial charge in [0.15, 0.2) is 0 Å². The van der Waals surface area contributed by atoms with Gasteiger partial charge in [0.2, 0.25) is 0 Å². The van der Waals surface area contributed by atoms with Gasteiger partial charge in [-0.1, -0.05) is 29.8 Å². The monoisotopic (exact) mass is 248 g/mol. The van der Waals surface area contributed by atoms with Gasteiger partial charge in [-0.3, -0.25) is 0 Å². The van der Waals surface area contributed by atoms with Gasteiger partial charge in [0.25, 0.3) is 0 Å². The summed E-state index contributed by atoms with van der Waals surface area (Å²) < 4.78 is 5.28. The van der Waals surface area contributed by atoms with Crippen molar-refractivity contribution >= 4 is 22.5 Å². The molecule has 1 aromatic heterocycles. The molecular formula is C13H13ClN2O. The number of halogens is 1. The average Bonchev–Trinajstić information content (AvgIpc) is 2.29. The number of benzene rings is 1. The fourth-order valence-electron chi connectivity index (χ4n) is 2.20. The zero-order valence-electron chi connectivity index (χ0n) is 9.32. The summed E-state index contributed by atoms with van der Waals surface area (Å²) in [5.41, 5.74) is 7.62. The van der Waals surface area contributed by atoms with Gasteiger partial charge in [-0.25, -0.2) is 4.98 Å². The SMILES string of the molecule is NCC1(c2cc3ccccc3nc2Cl)COC1. The van der Waals surface area contributed by atoms with E-state index in [2.05, 4.69) is 11.1 Å². The summed E-state index contributed by atoms with van der Waals surface area (Å²) in [6.07, 6.45) is 0. The number of para-hydroxylation sites is 1. The summed E-state index contributed by atoms with van der Waals surface area (Å²) >= 11 is 6.26. The van der Waals surface area contributed by atoms with Crippen LogP contribution in [-0.4, -0.2) is 24.7 Å². The third kappa shape index (κ3) is 1.62. The molecule has 88 valence electrons. The molecule has 0 atom stereocenters. The zero-order valence-corrected chi connectivity index (χ0v) is 10.1. The lowest BCUT2D eigenvalue weighted by atomic mass is 9.79. The predicted octanol–water partition coefficient (Wildman–Crippen LogP) is 2.11. The van der Waals surface area contributed by atoms with E-state index in [0.717, 1.165) is 16.5 Å². The fourth-order valence-corrected chi connectivity index (χ4v) is 2.54. The van der Waals surface area contributed by atoms with Crippen molar-refractivity contribution in [2.45, 2.75) is 5.41 Å². The van der Waals surface area contributed by atoms with E-state index >= 15 is 0 Å². The Kier molecular flexibility index (Phi) is 2.54. The quantitative estimate of drug-likeness (QED) is 0.829. The highest BCUT2D eigenvalue weighted by atomic mass is 35.5. The van der Waals surface area contributed by atoms with Crippen molar-refractivity contribution in [2.75, 3.05) is 19.8 Å². The highest BCUT2D eigenvalue weighted by molar-refractivity contribution is 6.30. The molecule has 1 fully saturated rings. The number of pyridine rings is 1. The zero-order chi connectivity index (χ0) is 11.9. The number of nitrogens with zero attached hydrogens (tertiary/aromatic N) is 1. The first-order valence-electron chi connectivity index (χ1n) is 5.59. The van der Waals surface area contributed by atoms with E-state index in [1.807, 2.05) is 24.3 Å². The lowest BCUT2D eigenvalue weighted by molar-refractivity contribution is -0.0550. The lowest BCUT2D eigenvalue weighted by Crippen LogP contribution is -2.52. The van der Waals surface area contributed by atoms with Gasteiger partial charge in [0.05, 0.1) is 24.1 Å². The molecule has 1 aromatic carbocycles. The highest BCUT2D eigenvalue weighted by Gasteiger charge is 2.41. The maximum atomic E-state index is 6.26. The van der Waals surface area contributed by atoms with Gasteiger partial charge in [0.1, 0.15) is 5.15 Å². The summed E-state index contributed by atoms with van der Waals surface area (Å²) in [5, 5.41) is 1.63. The molecular weight excluding hydrogens is 236 g/mol. The van der Waals surface area contributed by atoms with Crippen LogP contribution < -0.4 is 5.73 Å². The molecule has 2 heterocycles. The molecule has 0 amide bonds. The van der Waals surface area contributed by atoms with Crippen LogP contribution in [0.25, 0.3) is 10.9 Å². The van der Waals surface area contributed by atoms with Gasteiger partial charge >= 0.3 is 0 Å². The summed E-state index contributed by atoms with van der Waals surface area (Å²) in [7, 11) is 0. The number of hydrogen-bond donors (Lipinski definition) is 1. The molecule has 4 heteroatoms. The van der Waals surface area contributed by atoms with Crippen LogP contribution in [0.4, 0.5) is 0 Å². The molecule has 2 N–H and O–H groups in total. The number of fused-ring (bicyclic) bond motifs is 1. The first-order valence-corrected chi connectivity index (χ1v) is 5.97. The van der Waals surface area contributed by atoms with E-state index in [9.17, 15) is 0 Å². The van der Waals surface area contributed by atoms with Gasteiger partial charge < -0.3 is 10.5 Å². The van der Waals surface area contributed by atoms with Crippen molar-refractivity contribution in [2.24, 2.45) is 5.73 Å². The number of rotatable bonds is 2. The second-order valence-corrected chi connectivity index (χ2v) is 4.85. The topological polar surface area (TPSA) is 48.1 Å². The largest absolute Gasteiger partial charge is 0.379 e. The van der Waals surface area contributed by atoms with Crippen LogP contribution in [0.1, 0.15) is 5.56 Å². The molecule has 0 radical (unpaired) electrons. The summed E-state index contributed by atoms with van der Waals surface area (Å²) in [6.45, 7) is 1.79. The molecule has 3 rings (SSSR count). The van der Waals surface area contributed by atoms with E-state index in [-0.39, 0.29) is 5.41 Å². The molecule has 0 saturated carbocycles. The number of aromatic nitrogens is 1. The third-order valence-corrected chi connectivity index (χ3v) is 3.68. The lowest BCUT2D eigenvalue weighted by Gasteiger charge is -2.41. The van der Waals surface area contributed by atoms with Crippen LogP contribution in [-0.2, 0) is 10.2 Å². The van der Waals surface area contributed by atoms with Gasteiger partial charge in [0, 0.05) is 17.5 Å². The maximum absolute atomic E-state index is 6.26. The van der Waals surface area contributed by atoms with E-state index in [4.69, 9.17) is 22.1 Å². The molecule has 17 heavy (non-hydrogen) atoms. The molecule has 0 bridgehead atoms. The Balaban J connectivity index is 2.19. The van der Waals surface area contributed by atoms with Crippen LogP contribution in [0.2, 0.25) is 5.15 Å². The van der Waals surface area contributed by atoms with Crippen molar-refractivity contribution in [3.05, 3.63) is 41.0 Å². The minimum absolute atomic E-state index is 0.145. The Morgan fingerprint density at radius 1 is 1.35 bits per heavy atom. The summed E-state index contributed by atoms with van der Waals surface area (Å²) in [6, 6.07) is 10.0. The number of hydrogen-bond acceptors (Lipinski definition) is 3. The van der Waals surface area contributed by atoms with Crippen molar-refractivity contribution in [3.63, 3.8) is 0 Å². The van der Waals surface area contributed by atoms with Crippen molar-refractivity contribution in [1.82, 2.24) is 4.98 Å². The second kappa shape index (κ2) is 3.95. The van der Waals surface area contributed by atoms with Gasteiger partial charge in [-0.05, 0) is 12.1 Å². The molecule has 3 nitrogen and oxygen atoms in total. The first kappa shape index (κ1) is 11.0. The Labute approximate surface area is 105 Å². The highest BCUT2D eigenvalue weighted by Crippen LogP contribution is 2.36. The van der Waals surface area contributed by atoms with E-state index in [1.165, 1.54) is 0 Å². The Morgan fingerprint density at radius 3 is 2.76 bits per heavy atom. The minimum Gasteiger partial charge on any atom is -0.379 e. The third-order valence-electron chi connectivity index (χ3n) is 3.40. The van der Waals surface area contributed by atoms with E-state index < -0.39 is 0 Å². The molecule has 0 unspecified atom stereocenters. The number of ether oxygens (including phenoxy) is 1. The van der Waals surface area contributed by atoms with E-state index in [1.54, 1.807) is 0 Å². The van der Waals surface area contributed by atoms with Gasteiger partial charge in [-0.2, -0.15) is 0 Å². The Hall–Kier alpha value is -1.16. The van der Waals surface area contributed by atoms with Crippen LogP contribution in [0, 0.1) is 0 Å². The van der Waals surface area contributed by atoms with Crippen LogP contribution in [0.15, 0.2) is 30.3 Å². The van der Waals surface area contributed by atoms with Crippen LogP contribution in [0.5, 0.6) is 0 Å². The summed E-state index contributed by atoms with van der Waals surface area (Å²) in [4.78, 5) is 4.43. The molecule has 1 aliphatic rings. The fraction of sp³-hybridized carbons (Fsp3) is 0.308. The number of nitrogens with two attached hydrogens (primary N) is 1. The standard InChI is InChI=1S/C13H13ClN2O/c14-12-10(13(6-15)7-17-8-13)5-9-3-1-2-4-11(9)16-12/h1-5H,6-8,15H2. The van der Waals surface area contributed by atoms with Crippen molar-refractivity contribution in [1.29, 1.82) is 0 Å². The molecule has 1 saturated heterocycles. The van der Waals surface area contributed by atoms with Gasteiger partial charge in [-0.15, -0.1) is 0 Å². The molecule has 1 aliphatic heterocycles. The van der Waals surface area contributed by atoms with Crippen molar-refractivity contribution < 1.29 is 4.74 Å². The van der Waals surface area contributed by atoms with Crippen molar-refractivity contribution in [3.8, 4) is 0 Å². The molecule has 0 spiro atoms. The molecule has 2 aromatic rings. The Bertz CT molecular complexity index is 561. The first-order chi connectivity index (χ1) is 8.25. The average molecular weight is 249 g/mol. The minimum atomic E-state index is -0.145. The second-order valence-electron chi connectivity index (χ2n) is 4.50. The van der Waals surface area contributed by atoms with Crippen LogP contribution >= 0.6 is 11.6 Å². The van der Waals surface area contributed by atoms with E-state index in [0.29, 0.717) is 24.9 Å². The smallest absolute Gasteiger partial charge is 0.133 e.